The first-order chi connectivity index (χ1) is 6.70. The second-order valence-electron chi connectivity index (χ2n) is 2.41. The predicted octanol–water partition coefficient (Wildman–Crippen LogP) is -0.765. The lowest BCUT2D eigenvalue weighted by molar-refractivity contribution is 0.0937. The number of amides is 2. The highest BCUT2D eigenvalue weighted by molar-refractivity contribution is 5.93. The van der Waals surface area contributed by atoms with E-state index in [2.05, 4.69) is 20.3 Å². The summed E-state index contributed by atoms with van der Waals surface area (Å²) in [7, 11) is 0. The molecular formula is C7H10N4O3. The predicted molar refractivity (Wildman–Crippen MR) is 46.5 cm³/mol. The molecule has 0 saturated carbocycles. The molecular weight excluding hydrogens is 188 g/mol. The van der Waals surface area contributed by atoms with E-state index in [1.165, 1.54) is 12.4 Å². The smallest absolute Gasteiger partial charge is 0.404 e. The van der Waals surface area contributed by atoms with Crippen LogP contribution in [0, 0.1) is 0 Å². The third-order valence-corrected chi connectivity index (χ3v) is 1.39. The second-order valence-corrected chi connectivity index (χ2v) is 2.41. The number of hydrogen-bond acceptors (Lipinski definition) is 4. The summed E-state index contributed by atoms with van der Waals surface area (Å²) in [6, 6.07) is 0. The molecule has 7 heteroatoms. The number of primary amides is 1. The van der Waals surface area contributed by atoms with Crippen molar-refractivity contribution in [1.29, 1.82) is 0 Å². The summed E-state index contributed by atoms with van der Waals surface area (Å²) >= 11 is 0. The fraction of sp³-hybridized carbons (Fsp3) is 0.286. The summed E-state index contributed by atoms with van der Waals surface area (Å²) in [5.74, 6) is -0.285. The molecule has 0 atom stereocenters. The normalized spacial score (nSPS) is 9.43. The number of nitrogens with zero attached hydrogens (tertiary/aromatic N) is 1. The van der Waals surface area contributed by atoms with Crippen molar-refractivity contribution in [2.24, 2.45) is 5.73 Å². The van der Waals surface area contributed by atoms with Crippen molar-refractivity contribution >= 4 is 12.0 Å². The minimum absolute atomic E-state index is 0.0545. The Bertz CT molecular complexity index is 309. The number of hydrogen-bond donors (Lipinski definition) is 3. The quantitative estimate of drug-likeness (QED) is 0.552. The van der Waals surface area contributed by atoms with Crippen molar-refractivity contribution in [3.63, 3.8) is 0 Å². The Hall–Kier alpha value is -2.05. The Balaban J connectivity index is 2.19. The van der Waals surface area contributed by atoms with Crippen LogP contribution in [0.1, 0.15) is 10.4 Å². The summed E-state index contributed by atoms with van der Waals surface area (Å²) in [6.45, 7) is 0.270. The van der Waals surface area contributed by atoms with Gasteiger partial charge in [-0.2, -0.15) is 5.10 Å². The molecule has 0 spiro atoms. The van der Waals surface area contributed by atoms with Gasteiger partial charge in [0.15, 0.2) is 0 Å². The molecule has 76 valence electrons. The molecule has 2 amide bonds. The van der Waals surface area contributed by atoms with E-state index >= 15 is 0 Å². The highest BCUT2D eigenvalue weighted by Gasteiger charge is 2.04. The summed E-state index contributed by atoms with van der Waals surface area (Å²) in [5, 5.41) is 8.62. The minimum atomic E-state index is -0.859. The van der Waals surface area contributed by atoms with E-state index in [0.717, 1.165) is 0 Å². The number of H-pyrrole nitrogens is 1. The van der Waals surface area contributed by atoms with Gasteiger partial charge in [-0.1, -0.05) is 0 Å². The molecule has 14 heavy (non-hydrogen) atoms. The van der Waals surface area contributed by atoms with E-state index < -0.39 is 6.09 Å². The molecule has 0 fully saturated rings. The summed E-state index contributed by atoms with van der Waals surface area (Å²) in [4.78, 5) is 21.4. The lowest BCUT2D eigenvalue weighted by Crippen LogP contribution is -2.28. The Morgan fingerprint density at radius 1 is 1.64 bits per heavy atom. The van der Waals surface area contributed by atoms with E-state index in [1.54, 1.807) is 0 Å². The van der Waals surface area contributed by atoms with Crippen LogP contribution >= 0.6 is 0 Å². The van der Waals surface area contributed by atoms with E-state index in [-0.39, 0.29) is 19.1 Å². The molecule has 1 rings (SSSR count). The minimum Gasteiger partial charge on any atom is -0.448 e. The number of carbonyl (C=O) groups is 2. The van der Waals surface area contributed by atoms with Crippen LogP contribution in [0.5, 0.6) is 0 Å². The summed E-state index contributed by atoms with van der Waals surface area (Å²) in [5.41, 5.74) is 5.14. The maximum Gasteiger partial charge on any atom is 0.404 e. The SMILES string of the molecule is NC(=O)OCCNC(=O)c1cn[nH]c1. The molecule has 0 aliphatic heterocycles. The number of nitrogens with one attached hydrogen (secondary N) is 2. The molecule has 0 radical (unpaired) electrons. The van der Waals surface area contributed by atoms with Gasteiger partial charge >= 0.3 is 6.09 Å². The third-order valence-electron chi connectivity index (χ3n) is 1.39. The van der Waals surface area contributed by atoms with Crippen molar-refractivity contribution in [2.75, 3.05) is 13.2 Å². The second kappa shape index (κ2) is 4.85. The van der Waals surface area contributed by atoms with Crippen LogP contribution in [0.2, 0.25) is 0 Å². The van der Waals surface area contributed by atoms with E-state index in [9.17, 15) is 9.59 Å². The zero-order valence-electron chi connectivity index (χ0n) is 7.32. The van der Waals surface area contributed by atoms with E-state index in [0.29, 0.717) is 5.56 Å². The van der Waals surface area contributed by atoms with Gasteiger partial charge in [0, 0.05) is 6.20 Å². The Labute approximate surface area is 79.6 Å². The van der Waals surface area contributed by atoms with Crippen LogP contribution < -0.4 is 11.1 Å². The summed E-state index contributed by atoms with van der Waals surface area (Å²) in [6.07, 6.45) is 2.00. The third kappa shape index (κ3) is 3.13. The van der Waals surface area contributed by atoms with Crippen LogP contribution in [0.3, 0.4) is 0 Å². The molecule has 0 aliphatic carbocycles. The van der Waals surface area contributed by atoms with Crippen LogP contribution in [-0.2, 0) is 4.74 Å². The zero-order valence-corrected chi connectivity index (χ0v) is 7.32. The first kappa shape index (κ1) is 10.0. The van der Waals surface area contributed by atoms with Crippen molar-refractivity contribution in [2.45, 2.75) is 0 Å². The monoisotopic (exact) mass is 198 g/mol. The van der Waals surface area contributed by atoms with Crippen LogP contribution in [0.25, 0.3) is 0 Å². The maximum atomic E-state index is 11.2. The fourth-order valence-corrected chi connectivity index (χ4v) is 0.793. The van der Waals surface area contributed by atoms with Gasteiger partial charge in [0.25, 0.3) is 5.91 Å². The zero-order chi connectivity index (χ0) is 10.4. The molecule has 0 aromatic carbocycles. The lowest BCUT2D eigenvalue weighted by atomic mass is 10.3. The number of aromatic nitrogens is 2. The molecule has 7 nitrogen and oxygen atoms in total. The van der Waals surface area contributed by atoms with Gasteiger partial charge in [0.2, 0.25) is 0 Å². The van der Waals surface area contributed by atoms with Gasteiger partial charge < -0.3 is 15.8 Å². The van der Waals surface area contributed by atoms with Gasteiger partial charge in [-0.05, 0) is 0 Å². The van der Waals surface area contributed by atoms with Crippen LogP contribution in [0.4, 0.5) is 4.79 Å². The topological polar surface area (TPSA) is 110 Å². The highest BCUT2D eigenvalue weighted by Crippen LogP contribution is 1.91. The molecule has 0 saturated heterocycles. The van der Waals surface area contributed by atoms with Crippen molar-refractivity contribution in [3.05, 3.63) is 18.0 Å². The number of rotatable bonds is 4. The number of carbonyl (C=O) groups excluding carboxylic acids is 2. The molecule has 0 aliphatic rings. The molecule has 1 aromatic rings. The lowest BCUT2D eigenvalue weighted by Gasteiger charge is -2.02. The van der Waals surface area contributed by atoms with Gasteiger partial charge in [-0.25, -0.2) is 4.79 Å². The number of nitrogens with two attached hydrogens (primary N) is 1. The first-order valence-electron chi connectivity index (χ1n) is 3.89. The highest BCUT2D eigenvalue weighted by atomic mass is 16.5. The Morgan fingerprint density at radius 3 is 3.00 bits per heavy atom. The van der Waals surface area contributed by atoms with Gasteiger partial charge in [0.05, 0.1) is 18.3 Å². The van der Waals surface area contributed by atoms with E-state index in [1.807, 2.05) is 0 Å². The van der Waals surface area contributed by atoms with Crippen molar-refractivity contribution < 1.29 is 14.3 Å². The molecule has 0 unspecified atom stereocenters. The molecule has 0 bridgehead atoms. The average molecular weight is 198 g/mol. The van der Waals surface area contributed by atoms with Gasteiger partial charge in [-0.15, -0.1) is 0 Å². The van der Waals surface area contributed by atoms with Crippen LogP contribution in [0.15, 0.2) is 12.4 Å². The van der Waals surface area contributed by atoms with E-state index in [4.69, 9.17) is 5.73 Å². The van der Waals surface area contributed by atoms with Crippen molar-refractivity contribution in [1.82, 2.24) is 15.5 Å². The number of aromatic amines is 1. The maximum absolute atomic E-state index is 11.2. The van der Waals surface area contributed by atoms with Crippen LogP contribution in [-0.4, -0.2) is 35.3 Å². The standard InChI is InChI=1S/C7H10N4O3/c8-7(13)14-2-1-9-6(12)5-3-10-11-4-5/h3-4H,1-2H2,(H2,8,13)(H,9,12)(H,10,11). The van der Waals surface area contributed by atoms with Crippen molar-refractivity contribution in [3.8, 4) is 0 Å². The van der Waals surface area contributed by atoms with Gasteiger partial charge in [-0.3, -0.25) is 9.89 Å². The average Bonchev–Trinajstić information content (AvgIpc) is 2.64. The first-order valence-corrected chi connectivity index (χ1v) is 3.89. The molecule has 4 N–H and O–H groups in total. The molecule has 1 heterocycles. The molecule has 1 aromatic heterocycles. The largest absolute Gasteiger partial charge is 0.448 e. The Kier molecular flexibility index (Phi) is 3.48. The number of ether oxygens (including phenoxy) is 1. The van der Waals surface area contributed by atoms with Gasteiger partial charge in [0.1, 0.15) is 6.61 Å². The fourth-order valence-electron chi connectivity index (χ4n) is 0.793. The Morgan fingerprint density at radius 2 is 2.43 bits per heavy atom. The summed E-state index contributed by atoms with van der Waals surface area (Å²) < 4.78 is 4.41.